The minimum Gasteiger partial charge on any atom is -0.493 e. The van der Waals surface area contributed by atoms with Gasteiger partial charge in [0.25, 0.3) is 0 Å². The summed E-state index contributed by atoms with van der Waals surface area (Å²) in [5.41, 5.74) is 3.64. The number of aryl methyl sites for hydroxylation is 2. The van der Waals surface area contributed by atoms with Gasteiger partial charge in [-0.05, 0) is 74.9 Å². The van der Waals surface area contributed by atoms with E-state index >= 15 is 0 Å². The number of methoxy groups -OCH3 is 3. The summed E-state index contributed by atoms with van der Waals surface area (Å²) in [5, 5.41) is 3.02. The highest BCUT2D eigenvalue weighted by molar-refractivity contribution is 5.78. The van der Waals surface area contributed by atoms with Crippen LogP contribution in [0.15, 0.2) is 36.4 Å². The number of piperidine rings is 1. The van der Waals surface area contributed by atoms with Crippen molar-refractivity contribution < 1.29 is 19.0 Å². The highest BCUT2D eigenvalue weighted by Crippen LogP contribution is 2.38. The molecule has 1 aliphatic rings. The van der Waals surface area contributed by atoms with E-state index in [1.54, 1.807) is 21.3 Å². The Bertz CT molecular complexity index is 849. The van der Waals surface area contributed by atoms with Gasteiger partial charge in [-0.2, -0.15) is 0 Å². The molecule has 2 aromatic carbocycles. The van der Waals surface area contributed by atoms with Gasteiger partial charge >= 0.3 is 0 Å². The molecule has 0 aliphatic carbocycles. The minimum absolute atomic E-state index is 0.0388. The van der Waals surface area contributed by atoms with Gasteiger partial charge in [-0.3, -0.25) is 9.69 Å². The van der Waals surface area contributed by atoms with Crippen LogP contribution in [0.3, 0.4) is 0 Å². The van der Waals surface area contributed by atoms with Crippen LogP contribution in [0.1, 0.15) is 36.0 Å². The number of benzene rings is 2. The number of nitrogens with one attached hydrogen (secondary N) is 1. The van der Waals surface area contributed by atoms with Crippen molar-refractivity contribution in [3.8, 4) is 17.2 Å². The molecule has 1 N–H and O–H groups in total. The number of nitrogens with zero attached hydrogens (tertiary/aromatic N) is 1. The van der Waals surface area contributed by atoms with E-state index in [4.69, 9.17) is 14.2 Å². The van der Waals surface area contributed by atoms with Gasteiger partial charge in [0, 0.05) is 6.54 Å². The van der Waals surface area contributed by atoms with Crippen LogP contribution in [0.25, 0.3) is 0 Å². The molecule has 1 fully saturated rings. The predicted molar refractivity (Wildman–Crippen MR) is 127 cm³/mol. The Morgan fingerprint density at radius 1 is 0.969 bits per heavy atom. The zero-order valence-electron chi connectivity index (χ0n) is 19.8. The number of hydrogen-bond acceptors (Lipinski definition) is 5. The van der Waals surface area contributed by atoms with Crippen LogP contribution in [0.5, 0.6) is 17.2 Å². The van der Waals surface area contributed by atoms with Crippen LogP contribution >= 0.6 is 0 Å². The van der Waals surface area contributed by atoms with E-state index in [2.05, 4.69) is 41.4 Å². The molecule has 1 aliphatic heterocycles. The quantitative estimate of drug-likeness (QED) is 0.606. The van der Waals surface area contributed by atoms with Crippen LogP contribution in [-0.4, -0.2) is 51.8 Å². The molecule has 0 spiro atoms. The summed E-state index contributed by atoms with van der Waals surface area (Å²) in [7, 11) is 4.75. The van der Waals surface area contributed by atoms with Crippen LogP contribution in [-0.2, 0) is 17.8 Å². The minimum atomic E-state index is 0.0388. The van der Waals surface area contributed by atoms with E-state index in [1.807, 2.05) is 12.1 Å². The van der Waals surface area contributed by atoms with E-state index in [0.29, 0.717) is 30.3 Å². The molecular formula is C26H36N2O4. The number of ether oxygens (including phenoxy) is 3. The third-order valence-electron chi connectivity index (χ3n) is 6.25. The summed E-state index contributed by atoms with van der Waals surface area (Å²) < 4.78 is 16.1. The van der Waals surface area contributed by atoms with Gasteiger partial charge in [0.15, 0.2) is 11.5 Å². The number of amides is 1. The Morgan fingerprint density at radius 2 is 1.59 bits per heavy atom. The Hall–Kier alpha value is -2.73. The lowest BCUT2D eigenvalue weighted by Crippen LogP contribution is -2.41. The van der Waals surface area contributed by atoms with Crippen molar-refractivity contribution in [2.45, 2.75) is 39.2 Å². The number of carbonyl (C=O) groups is 1. The van der Waals surface area contributed by atoms with Crippen molar-refractivity contribution in [3.05, 3.63) is 53.1 Å². The molecule has 0 atom stereocenters. The summed E-state index contributed by atoms with van der Waals surface area (Å²) >= 11 is 0. The molecule has 0 radical (unpaired) electrons. The van der Waals surface area contributed by atoms with Crippen molar-refractivity contribution in [1.29, 1.82) is 0 Å². The third-order valence-corrected chi connectivity index (χ3v) is 6.25. The lowest BCUT2D eigenvalue weighted by atomic mass is 9.90. The fraction of sp³-hybridized carbons (Fsp3) is 0.500. The second-order valence-corrected chi connectivity index (χ2v) is 8.55. The van der Waals surface area contributed by atoms with Gasteiger partial charge < -0.3 is 19.5 Å². The number of carbonyl (C=O) groups excluding carboxylic acids is 1. The van der Waals surface area contributed by atoms with Gasteiger partial charge in [0.05, 0.1) is 27.9 Å². The summed E-state index contributed by atoms with van der Waals surface area (Å²) in [4.78, 5) is 14.8. The van der Waals surface area contributed by atoms with Crippen molar-refractivity contribution in [2.75, 3.05) is 41.0 Å². The third kappa shape index (κ3) is 6.63. The molecule has 1 heterocycles. The predicted octanol–water partition coefficient (Wildman–Crippen LogP) is 3.98. The first-order chi connectivity index (χ1) is 15.5. The Morgan fingerprint density at radius 3 is 2.16 bits per heavy atom. The Kier molecular flexibility index (Phi) is 8.80. The highest BCUT2D eigenvalue weighted by Gasteiger charge is 2.21. The monoisotopic (exact) mass is 440 g/mol. The Labute approximate surface area is 191 Å². The molecule has 6 nitrogen and oxygen atoms in total. The first-order valence-corrected chi connectivity index (χ1v) is 11.4. The van der Waals surface area contributed by atoms with Gasteiger partial charge in [-0.1, -0.05) is 29.8 Å². The zero-order chi connectivity index (χ0) is 22.9. The molecule has 174 valence electrons. The number of rotatable bonds is 10. The molecule has 0 saturated carbocycles. The molecule has 32 heavy (non-hydrogen) atoms. The molecule has 1 saturated heterocycles. The fourth-order valence-corrected chi connectivity index (χ4v) is 4.26. The Balaban J connectivity index is 1.41. The van der Waals surface area contributed by atoms with Gasteiger partial charge in [-0.15, -0.1) is 0 Å². The maximum atomic E-state index is 12.5. The first-order valence-electron chi connectivity index (χ1n) is 11.4. The summed E-state index contributed by atoms with van der Waals surface area (Å²) in [6.45, 7) is 4.95. The van der Waals surface area contributed by atoms with E-state index in [-0.39, 0.29) is 5.91 Å². The van der Waals surface area contributed by atoms with E-state index < -0.39 is 0 Å². The van der Waals surface area contributed by atoms with Crippen LogP contribution in [0, 0.1) is 12.8 Å². The topological polar surface area (TPSA) is 60.0 Å². The molecule has 0 unspecified atom stereocenters. The van der Waals surface area contributed by atoms with Gasteiger partial charge in [-0.25, -0.2) is 0 Å². The van der Waals surface area contributed by atoms with E-state index in [1.165, 1.54) is 17.5 Å². The van der Waals surface area contributed by atoms with Gasteiger partial charge in [0.2, 0.25) is 11.7 Å². The standard InChI is InChI=1S/C26H36N2O4/c1-19-5-7-20(8-6-19)9-10-21-11-13-28(14-12-21)18-25(29)27-17-22-15-23(30-2)26(32-4)24(16-22)31-3/h5-8,15-16,21H,9-14,17-18H2,1-4H3,(H,27,29). The zero-order valence-corrected chi connectivity index (χ0v) is 19.8. The average Bonchev–Trinajstić information content (AvgIpc) is 2.82. The van der Waals surface area contributed by atoms with E-state index in [9.17, 15) is 4.79 Å². The van der Waals surface area contributed by atoms with Crippen molar-refractivity contribution in [2.24, 2.45) is 5.92 Å². The summed E-state index contributed by atoms with van der Waals surface area (Å²) in [6, 6.07) is 12.6. The first kappa shape index (κ1) is 23.9. The lowest BCUT2D eigenvalue weighted by molar-refractivity contribution is -0.122. The maximum Gasteiger partial charge on any atom is 0.234 e. The van der Waals surface area contributed by atoms with Crippen molar-refractivity contribution >= 4 is 5.91 Å². The van der Waals surface area contributed by atoms with Crippen LogP contribution < -0.4 is 19.5 Å². The SMILES string of the molecule is COc1cc(CNC(=O)CN2CCC(CCc3ccc(C)cc3)CC2)cc(OC)c1OC. The van der Waals surface area contributed by atoms with Gasteiger partial charge in [0.1, 0.15) is 0 Å². The molecule has 3 rings (SSSR count). The number of likely N-dealkylation sites (tertiary alicyclic amines) is 1. The maximum absolute atomic E-state index is 12.5. The second-order valence-electron chi connectivity index (χ2n) is 8.55. The molecule has 0 bridgehead atoms. The van der Waals surface area contributed by atoms with Crippen LogP contribution in [0.2, 0.25) is 0 Å². The molecule has 2 aromatic rings. The molecule has 6 heteroatoms. The van der Waals surface area contributed by atoms with Crippen molar-refractivity contribution in [3.63, 3.8) is 0 Å². The lowest BCUT2D eigenvalue weighted by Gasteiger charge is -2.31. The smallest absolute Gasteiger partial charge is 0.234 e. The summed E-state index contributed by atoms with van der Waals surface area (Å²) in [6.07, 6.45) is 4.68. The highest BCUT2D eigenvalue weighted by atomic mass is 16.5. The molecule has 0 aromatic heterocycles. The van der Waals surface area contributed by atoms with E-state index in [0.717, 1.165) is 43.8 Å². The largest absolute Gasteiger partial charge is 0.493 e. The second kappa shape index (κ2) is 11.8. The molecule has 1 amide bonds. The van der Waals surface area contributed by atoms with Crippen molar-refractivity contribution in [1.82, 2.24) is 10.2 Å². The average molecular weight is 441 g/mol. The fourth-order valence-electron chi connectivity index (χ4n) is 4.26. The number of hydrogen-bond donors (Lipinski definition) is 1. The molecular weight excluding hydrogens is 404 g/mol. The summed E-state index contributed by atoms with van der Waals surface area (Å²) in [5.74, 6) is 2.51. The normalized spacial score (nSPS) is 14.8. The van der Waals surface area contributed by atoms with Crippen LogP contribution in [0.4, 0.5) is 0 Å².